The zero-order chi connectivity index (χ0) is 12.3. The molecule has 1 heterocycles. The molecule has 0 aromatic carbocycles. The quantitative estimate of drug-likeness (QED) is 0.904. The number of nitrogens with one attached hydrogen (secondary N) is 1. The van der Waals surface area contributed by atoms with E-state index in [-0.39, 0.29) is 5.91 Å². The van der Waals surface area contributed by atoms with Gasteiger partial charge in [0, 0.05) is 15.8 Å². The number of rotatable bonds is 4. The Balaban J connectivity index is 1.97. The molecule has 17 heavy (non-hydrogen) atoms. The van der Waals surface area contributed by atoms with Gasteiger partial charge in [-0.05, 0) is 46.0 Å². The minimum Gasteiger partial charge on any atom is -0.347 e. The molecule has 0 bridgehead atoms. The van der Waals surface area contributed by atoms with Crippen LogP contribution in [0, 0.1) is 0 Å². The Morgan fingerprint density at radius 3 is 3.12 bits per heavy atom. The fraction of sp³-hybridized carbons (Fsp3) is 0.583. The van der Waals surface area contributed by atoms with E-state index in [4.69, 9.17) is 0 Å². The van der Waals surface area contributed by atoms with Crippen molar-refractivity contribution in [2.24, 2.45) is 0 Å². The van der Waals surface area contributed by atoms with Crippen LogP contribution in [0.15, 0.2) is 15.9 Å². The second-order valence-electron chi connectivity index (χ2n) is 4.10. The first kappa shape index (κ1) is 13.4. The van der Waals surface area contributed by atoms with E-state index >= 15 is 0 Å². The number of carbonyl (C=O) groups is 1. The van der Waals surface area contributed by atoms with Crippen LogP contribution in [0.3, 0.4) is 0 Å². The number of hydrogen-bond donors (Lipinski definition) is 1. The molecular formula is C12H16BrNOS2. The molecule has 1 aromatic heterocycles. The summed E-state index contributed by atoms with van der Waals surface area (Å²) in [7, 11) is 0. The second kappa shape index (κ2) is 6.25. The lowest BCUT2D eigenvalue weighted by molar-refractivity contribution is 0.0942. The molecular weight excluding hydrogens is 318 g/mol. The van der Waals surface area contributed by atoms with E-state index in [1.54, 1.807) is 0 Å². The first-order chi connectivity index (χ1) is 8.22. The number of halogens is 1. The van der Waals surface area contributed by atoms with Gasteiger partial charge < -0.3 is 5.32 Å². The zero-order valence-electron chi connectivity index (χ0n) is 9.74. The maximum absolute atomic E-state index is 12.1. The highest BCUT2D eigenvalue weighted by Crippen LogP contribution is 2.31. The minimum atomic E-state index is 0.0699. The highest BCUT2D eigenvalue weighted by atomic mass is 79.9. The Labute approximate surface area is 119 Å². The minimum absolute atomic E-state index is 0.0699. The third kappa shape index (κ3) is 3.26. The van der Waals surface area contributed by atoms with Gasteiger partial charge in [0.25, 0.3) is 5.91 Å². The predicted octanol–water partition coefficient (Wildman–Crippen LogP) is 3.91. The van der Waals surface area contributed by atoms with E-state index in [0.717, 1.165) is 21.5 Å². The molecule has 0 aliphatic heterocycles. The van der Waals surface area contributed by atoms with Gasteiger partial charge in [0.05, 0.1) is 0 Å². The molecule has 1 aliphatic carbocycles. The van der Waals surface area contributed by atoms with E-state index < -0.39 is 0 Å². The number of amides is 1. The van der Waals surface area contributed by atoms with Gasteiger partial charge in [-0.2, -0.15) is 11.8 Å². The summed E-state index contributed by atoms with van der Waals surface area (Å²) >= 11 is 6.86. The van der Waals surface area contributed by atoms with Gasteiger partial charge in [-0.15, -0.1) is 11.3 Å². The van der Waals surface area contributed by atoms with Crippen molar-refractivity contribution >= 4 is 44.9 Å². The molecule has 2 rings (SSSR count). The van der Waals surface area contributed by atoms with E-state index in [1.807, 2.05) is 23.2 Å². The summed E-state index contributed by atoms with van der Waals surface area (Å²) in [6.45, 7) is 2.18. The van der Waals surface area contributed by atoms with Gasteiger partial charge in [0.2, 0.25) is 0 Å². The average Bonchev–Trinajstić information content (AvgIpc) is 2.89. The molecule has 0 saturated heterocycles. The predicted molar refractivity (Wildman–Crippen MR) is 79.0 cm³/mol. The van der Waals surface area contributed by atoms with Crippen molar-refractivity contribution in [2.75, 3.05) is 5.75 Å². The van der Waals surface area contributed by atoms with Crippen LogP contribution in [0.2, 0.25) is 0 Å². The Kier molecular flexibility index (Phi) is 4.94. The van der Waals surface area contributed by atoms with Crippen LogP contribution < -0.4 is 5.32 Å². The van der Waals surface area contributed by atoms with Crippen molar-refractivity contribution in [3.05, 3.63) is 20.8 Å². The van der Waals surface area contributed by atoms with Gasteiger partial charge in [0.15, 0.2) is 0 Å². The van der Waals surface area contributed by atoms with Crippen molar-refractivity contribution in [1.82, 2.24) is 5.32 Å². The first-order valence-corrected chi connectivity index (χ1v) is 8.60. The Bertz CT molecular complexity index is 394. The van der Waals surface area contributed by atoms with Crippen molar-refractivity contribution in [3.8, 4) is 0 Å². The maximum Gasteiger partial charge on any atom is 0.262 e. The molecule has 1 aromatic rings. The first-order valence-electron chi connectivity index (χ1n) is 5.87. The van der Waals surface area contributed by atoms with Gasteiger partial charge in [-0.1, -0.05) is 13.3 Å². The van der Waals surface area contributed by atoms with Crippen LogP contribution in [-0.4, -0.2) is 23.0 Å². The molecule has 5 heteroatoms. The van der Waals surface area contributed by atoms with Gasteiger partial charge in [-0.25, -0.2) is 0 Å². The normalized spacial score (nSPS) is 23.9. The summed E-state index contributed by atoms with van der Waals surface area (Å²) in [4.78, 5) is 12.9. The van der Waals surface area contributed by atoms with Crippen LogP contribution in [0.4, 0.5) is 0 Å². The lowest BCUT2D eigenvalue weighted by Crippen LogP contribution is -2.38. The standard InChI is InChI=1S/C12H16BrNOS2/c1-2-16-10-5-3-4-9(10)14-12(15)11-8(13)6-7-17-11/h6-7,9-10H,2-5H2,1H3,(H,14,15). The molecule has 1 fully saturated rings. The number of hydrogen-bond acceptors (Lipinski definition) is 3. The van der Waals surface area contributed by atoms with E-state index in [9.17, 15) is 4.79 Å². The third-order valence-corrected chi connectivity index (χ3v) is 6.14. The molecule has 1 N–H and O–H groups in total. The molecule has 0 spiro atoms. The lowest BCUT2D eigenvalue weighted by atomic mass is 10.2. The van der Waals surface area contributed by atoms with E-state index in [1.165, 1.54) is 24.2 Å². The van der Waals surface area contributed by atoms with Crippen LogP contribution >= 0.6 is 39.0 Å². The third-order valence-electron chi connectivity index (χ3n) is 2.97. The fourth-order valence-corrected chi connectivity index (χ4v) is 4.85. The number of thiophene rings is 1. The van der Waals surface area contributed by atoms with Gasteiger partial charge in [-0.3, -0.25) is 4.79 Å². The van der Waals surface area contributed by atoms with Crippen LogP contribution in [0.1, 0.15) is 35.9 Å². The van der Waals surface area contributed by atoms with E-state index in [0.29, 0.717) is 11.3 Å². The molecule has 1 amide bonds. The summed E-state index contributed by atoms with van der Waals surface area (Å²) in [5.41, 5.74) is 0. The molecule has 1 aliphatic rings. The Hall–Kier alpha value is -0.000000000000000111. The van der Waals surface area contributed by atoms with Crippen LogP contribution in [0.25, 0.3) is 0 Å². The van der Waals surface area contributed by atoms with Crippen molar-refractivity contribution < 1.29 is 4.79 Å². The average molecular weight is 334 g/mol. The summed E-state index contributed by atoms with van der Waals surface area (Å²) in [5.74, 6) is 1.19. The maximum atomic E-state index is 12.1. The summed E-state index contributed by atoms with van der Waals surface area (Å²) in [5, 5.41) is 5.71. The SMILES string of the molecule is CCSC1CCCC1NC(=O)c1sccc1Br. The van der Waals surface area contributed by atoms with Gasteiger partial charge in [0.1, 0.15) is 4.88 Å². The molecule has 0 radical (unpaired) electrons. The molecule has 2 nitrogen and oxygen atoms in total. The monoisotopic (exact) mass is 333 g/mol. The molecule has 94 valence electrons. The smallest absolute Gasteiger partial charge is 0.262 e. The highest BCUT2D eigenvalue weighted by Gasteiger charge is 2.29. The Morgan fingerprint density at radius 1 is 1.65 bits per heavy atom. The van der Waals surface area contributed by atoms with Crippen molar-refractivity contribution in [3.63, 3.8) is 0 Å². The topological polar surface area (TPSA) is 29.1 Å². The molecule has 1 saturated carbocycles. The second-order valence-corrected chi connectivity index (χ2v) is 7.39. The van der Waals surface area contributed by atoms with E-state index in [2.05, 4.69) is 28.2 Å². The largest absolute Gasteiger partial charge is 0.347 e. The van der Waals surface area contributed by atoms with Crippen LogP contribution in [0.5, 0.6) is 0 Å². The molecule has 2 unspecified atom stereocenters. The van der Waals surface area contributed by atoms with Crippen molar-refractivity contribution in [2.45, 2.75) is 37.5 Å². The van der Waals surface area contributed by atoms with Crippen LogP contribution in [-0.2, 0) is 0 Å². The number of thioether (sulfide) groups is 1. The Morgan fingerprint density at radius 2 is 2.47 bits per heavy atom. The zero-order valence-corrected chi connectivity index (χ0v) is 13.0. The molecule has 2 atom stereocenters. The summed E-state index contributed by atoms with van der Waals surface area (Å²) in [6.07, 6.45) is 3.58. The lowest BCUT2D eigenvalue weighted by Gasteiger charge is -2.19. The summed E-state index contributed by atoms with van der Waals surface area (Å²) in [6, 6.07) is 2.27. The van der Waals surface area contributed by atoms with Crippen molar-refractivity contribution in [1.29, 1.82) is 0 Å². The summed E-state index contributed by atoms with van der Waals surface area (Å²) < 4.78 is 0.901. The fourth-order valence-electron chi connectivity index (χ4n) is 2.19. The number of carbonyl (C=O) groups excluding carboxylic acids is 1. The highest BCUT2D eigenvalue weighted by molar-refractivity contribution is 9.10. The van der Waals surface area contributed by atoms with Gasteiger partial charge >= 0.3 is 0 Å².